The van der Waals surface area contributed by atoms with Gasteiger partial charge in [-0.2, -0.15) is 0 Å². The predicted molar refractivity (Wildman–Crippen MR) is 233 cm³/mol. The third kappa shape index (κ3) is 5.81. The van der Waals surface area contributed by atoms with Crippen LogP contribution in [0.2, 0.25) is 0 Å². The van der Waals surface area contributed by atoms with Crippen LogP contribution in [0.4, 0.5) is 0 Å². The average molecular weight is 691 g/mol. The summed E-state index contributed by atoms with van der Waals surface area (Å²) in [5, 5.41) is 5.01. The summed E-state index contributed by atoms with van der Waals surface area (Å²) in [7, 11) is 0. The predicted octanol–water partition coefficient (Wildman–Crippen LogP) is 15.2. The molecule has 9 aromatic carbocycles. The van der Waals surface area contributed by atoms with Gasteiger partial charge in [-0.3, -0.25) is 0 Å². The molecule has 0 nitrogen and oxygen atoms in total. The van der Waals surface area contributed by atoms with E-state index in [1.54, 1.807) is 0 Å². The third-order valence-corrected chi connectivity index (χ3v) is 11.3. The molecule has 9 rings (SSSR count). The molecule has 0 aromatic heterocycles. The number of hydrogen-bond acceptors (Lipinski definition) is 0. The summed E-state index contributed by atoms with van der Waals surface area (Å²) in [6, 6.07) is 67.3. The molecule has 0 aliphatic rings. The van der Waals surface area contributed by atoms with Crippen LogP contribution in [0.25, 0.3) is 88.3 Å². The Bertz CT molecular complexity index is 2540. The van der Waals surface area contributed by atoms with Gasteiger partial charge in [-0.15, -0.1) is 0 Å². The molecule has 0 aliphatic carbocycles. The first-order chi connectivity index (χ1) is 26.5. The summed E-state index contributed by atoms with van der Waals surface area (Å²) < 4.78 is 0. The van der Waals surface area contributed by atoms with Gasteiger partial charge in [-0.25, -0.2) is 0 Å². The van der Waals surface area contributed by atoms with Gasteiger partial charge in [-0.05, 0) is 150 Å². The molecule has 0 radical (unpaired) electrons. The van der Waals surface area contributed by atoms with Crippen molar-refractivity contribution in [1.82, 2.24) is 0 Å². The van der Waals surface area contributed by atoms with Crippen molar-refractivity contribution in [3.05, 3.63) is 204 Å². The van der Waals surface area contributed by atoms with E-state index in [0.717, 1.165) is 0 Å². The largest absolute Gasteiger partial charge is 0.0620 e. The maximum atomic E-state index is 2.39. The SMILES string of the molecule is Cc1ccccc1-c1cccc(-c2ccccc2C)c1-c1ccc2c(ccc3cc(-c4c(-c5ccccc5C)cccc4-c4ccccc4C)ccc32)c1. The normalized spacial score (nSPS) is 11.3. The quantitative estimate of drug-likeness (QED) is 0.152. The Labute approximate surface area is 319 Å². The van der Waals surface area contributed by atoms with Gasteiger partial charge < -0.3 is 0 Å². The standard InChI is InChI=1S/C54H42/c1-35-15-5-9-19-43(35)49-23-13-24-50(44-20-10-6-16-36(44)2)53(49)41-29-31-47-39(33-41)27-28-40-34-42(30-32-48(40)47)54-51(45-21-11-7-17-37(45)3)25-14-26-52(54)46-22-12-8-18-38(46)4/h5-34H,1-4H3. The molecule has 0 bridgehead atoms. The first-order valence-electron chi connectivity index (χ1n) is 18.9. The van der Waals surface area contributed by atoms with Crippen LogP contribution >= 0.6 is 0 Å². The number of rotatable bonds is 6. The van der Waals surface area contributed by atoms with E-state index in [-0.39, 0.29) is 0 Å². The monoisotopic (exact) mass is 690 g/mol. The lowest BCUT2D eigenvalue weighted by Crippen LogP contribution is -1.94. The highest BCUT2D eigenvalue weighted by Crippen LogP contribution is 2.45. The van der Waals surface area contributed by atoms with Gasteiger partial charge in [0.1, 0.15) is 0 Å². The molecule has 0 aliphatic heterocycles. The third-order valence-electron chi connectivity index (χ3n) is 11.3. The lowest BCUT2D eigenvalue weighted by Gasteiger charge is -2.20. The highest BCUT2D eigenvalue weighted by Gasteiger charge is 2.19. The van der Waals surface area contributed by atoms with E-state index in [9.17, 15) is 0 Å². The minimum atomic E-state index is 1.23. The zero-order valence-corrected chi connectivity index (χ0v) is 31.3. The highest BCUT2D eigenvalue weighted by atomic mass is 14.2. The minimum Gasteiger partial charge on any atom is -0.0620 e. The fraction of sp³-hybridized carbons (Fsp3) is 0.0741. The highest BCUT2D eigenvalue weighted by molar-refractivity contribution is 6.11. The molecule has 0 unspecified atom stereocenters. The zero-order valence-electron chi connectivity index (χ0n) is 31.3. The van der Waals surface area contributed by atoms with E-state index in [0.29, 0.717) is 0 Å². The van der Waals surface area contributed by atoms with Crippen molar-refractivity contribution in [1.29, 1.82) is 0 Å². The molecule has 258 valence electrons. The molecule has 0 saturated carbocycles. The van der Waals surface area contributed by atoms with Crippen LogP contribution in [0.3, 0.4) is 0 Å². The van der Waals surface area contributed by atoms with Crippen LogP contribution in [0.1, 0.15) is 22.3 Å². The minimum absolute atomic E-state index is 1.23. The van der Waals surface area contributed by atoms with Gasteiger partial charge in [0.2, 0.25) is 0 Å². The van der Waals surface area contributed by atoms with Crippen molar-refractivity contribution < 1.29 is 0 Å². The van der Waals surface area contributed by atoms with Gasteiger partial charge in [0, 0.05) is 0 Å². The molecule has 0 fully saturated rings. The van der Waals surface area contributed by atoms with Crippen molar-refractivity contribution in [3.8, 4) is 66.8 Å². The Hall–Kier alpha value is -6.50. The molecule has 9 aromatic rings. The fourth-order valence-electron chi connectivity index (χ4n) is 8.51. The summed E-state index contributed by atoms with van der Waals surface area (Å²) in [6.07, 6.45) is 0. The maximum Gasteiger partial charge on any atom is -0.00264 e. The van der Waals surface area contributed by atoms with Gasteiger partial charge in [0.05, 0.1) is 0 Å². The topological polar surface area (TPSA) is 0 Å². The first kappa shape index (κ1) is 33.3. The van der Waals surface area contributed by atoms with Crippen LogP contribution in [-0.2, 0) is 0 Å². The van der Waals surface area contributed by atoms with E-state index < -0.39 is 0 Å². The number of aryl methyl sites for hydroxylation is 4. The molecule has 0 amide bonds. The lowest BCUT2D eigenvalue weighted by molar-refractivity contribution is 1.44. The molecular weight excluding hydrogens is 649 g/mol. The summed E-state index contributed by atoms with van der Waals surface area (Å²) in [5.74, 6) is 0. The Kier molecular flexibility index (Phi) is 8.53. The van der Waals surface area contributed by atoms with Gasteiger partial charge >= 0.3 is 0 Å². The molecular formula is C54H42. The first-order valence-corrected chi connectivity index (χ1v) is 18.9. The van der Waals surface area contributed by atoms with Gasteiger partial charge in [0.25, 0.3) is 0 Å². The molecule has 0 spiro atoms. The number of fused-ring (bicyclic) bond motifs is 3. The summed E-state index contributed by atoms with van der Waals surface area (Å²) in [4.78, 5) is 0. The van der Waals surface area contributed by atoms with Crippen LogP contribution in [-0.4, -0.2) is 0 Å². The molecule has 0 atom stereocenters. The second-order valence-corrected chi connectivity index (χ2v) is 14.7. The van der Waals surface area contributed by atoms with E-state index in [2.05, 4.69) is 210 Å². The zero-order chi connectivity index (χ0) is 36.8. The van der Waals surface area contributed by atoms with Crippen LogP contribution in [0, 0.1) is 27.7 Å². The van der Waals surface area contributed by atoms with E-state index >= 15 is 0 Å². The van der Waals surface area contributed by atoms with Crippen LogP contribution in [0.5, 0.6) is 0 Å². The smallest absolute Gasteiger partial charge is 0.00264 e. The Morgan fingerprint density at radius 3 is 0.815 bits per heavy atom. The molecule has 0 N–H and O–H groups in total. The summed E-state index contributed by atoms with van der Waals surface area (Å²) in [5.41, 5.74) is 20.2. The number of hydrogen-bond donors (Lipinski definition) is 0. The maximum absolute atomic E-state index is 2.39. The van der Waals surface area contributed by atoms with Crippen molar-refractivity contribution in [2.45, 2.75) is 27.7 Å². The van der Waals surface area contributed by atoms with E-state index in [1.165, 1.54) is 111 Å². The molecule has 54 heavy (non-hydrogen) atoms. The van der Waals surface area contributed by atoms with E-state index in [1.807, 2.05) is 0 Å². The second-order valence-electron chi connectivity index (χ2n) is 14.7. The van der Waals surface area contributed by atoms with Gasteiger partial charge in [0.15, 0.2) is 0 Å². The van der Waals surface area contributed by atoms with Crippen LogP contribution < -0.4 is 0 Å². The molecule has 0 heteroatoms. The van der Waals surface area contributed by atoms with Crippen molar-refractivity contribution in [3.63, 3.8) is 0 Å². The second kappa shape index (κ2) is 13.8. The van der Waals surface area contributed by atoms with E-state index in [4.69, 9.17) is 0 Å². The Morgan fingerprint density at radius 2 is 0.519 bits per heavy atom. The summed E-state index contributed by atoms with van der Waals surface area (Å²) >= 11 is 0. The fourth-order valence-corrected chi connectivity index (χ4v) is 8.51. The summed E-state index contributed by atoms with van der Waals surface area (Å²) in [6.45, 7) is 8.85. The van der Waals surface area contributed by atoms with Crippen molar-refractivity contribution in [2.24, 2.45) is 0 Å². The molecule has 0 heterocycles. The Morgan fingerprint density at radius 1 is 0.241 bits per heavy atom. The Balaban J connectivity index is 1.23. The van der Waals surface area contributed by atoms with Crippen molar-refractivity contribution >= 4 is 21.5 Å². The van der Waals surface area contributed by atoms with Crippen LogP contribution in [0.15, 0.2) is 182 Å². The van der Waals surface area contributed by atoms with Crippen molar-refractivity contribution in [2.75, 3.05) is 0 Å². The average Bonchev–Trinajstić information content (AvgIpc) is 3.20. The van der Waals surface area contributed by atoms with Gasteiger partial charge in [-0.1, -0.05) is 170 Å². The number of benzene rings is 9. The molecule has 0 saturated heterocycles. The lowest BCUT2D eigenvalue weighted by atomic mass is 9.84.